The third-order valence-electron chi connectivity index (χ3n) is 3.59. The molecule has 2 heterocycles. The van der Waals surface area contributed by atoms with Crippen molar-refractivity contribution in [3.05, 3.63) is 0 Å². The number of hydrazine groups is 1. The van der Waals surface area contributed by atoms with Gasteiger partial charge >= 0.3 is 6.03 Å². The van der Waals surface area contributed by atoms with Crippen LogP contribution in [0.4, 0.5) is 4.79 Å². The van der Waals surface area contributed by atoms with E-state index in [0.717, 1.165) is 24.5 Å². The lowest BCUT2D eigenvalue weighted by molar-refractivity contribution is -0.156. The zero-order chi connectivity index (χ0) is 14.0. The van der Waals surface area contributed by atoms with Gasteiger partial charge in [-0.05, 0) is 13.5 Å². The first kappa shape index (κ1) is 14.0. The highest BCUT2D eigenvalue weighted by molar-refractivity contribution is 6.15. The topological polar surface area (TPSA) is 73.0 Å². The molecule has 0 bridgehead atoms. The Hall–Kier alpha value is -1.47. The van der Waals surface area contributed by atoms with E-state index in [0.29, 0.717) is 19.5 Å². The smallest absolute Gasteiger partial charge is 0.304 e. The summed E-state index contributed by atoms with van der Waals surface area (Å²) in [5.41, 5.74) is 0. The van der Waals surface area contributed by atoms with Crippen LogP contribution < -0.4 is 5.32 Å². The van der Waals surface area contributed by atoms with Crippen LogP contribution in [0.15, 0.2) is 0 Å². The SMILES string of the molecule is CCCC1C(=O)NC(=O)N(N2CCN(C)CC2)C1=O. The van der Waals surface area contributed by atoms with Crippen molar-refractivity contribution in [3.8, 4) is 0 Å². The first-order chi connectivity index (χ1) is 9.04. The van der Waals surface area contributed by atoms with Crippen molar-refractivity contribution in [2.24, 2.45) is 5.92 Å². The highest BCUT2D eigenvalue weighted by atomic mass is 16.2. The van der Waals surface area contributed by atoms with Gasteiger partial charge in [0.2, 0.25) is 5.91 Å². The summed E-state index contributed by atoms with van der Waals surface area (Å²) in [6.45, 7) is 4.73. The molecule has 2 aliphatic rings. The number of piperazine rings is 1. The molecule has 0 saturated carbocycles. The standard InChI is InChI=1S/C12H20N4O3/c1-3-4-9-10(17)13-12(19)16(11(9)18)15-7-5-14(2)6-8-15/h9H,3-8H2,1-2H3,(H,13,17,19). The lowest BCUT2D eigenvalue weighted by atomic mass is 10.00. The van der Waals surface area contributed by atoms with Crippen LogP contribution in [-0.2, 0) is 9.59 Å². The number of nitrogens with zero attached hydrogens (tertiary/aromatic N) is 3. The number of urea groups is 1. The molecule has 0 aromatic rings. The number of nitrogens with one attached hydrogen (secondary N) is 1. The number of rotatable bonds is 3. The Morgan fingerprint density at radius 3 is 2.37 bits per heavy atom. The van der Waals surface area contributed by atoms with Gasteiger partial charge in [0.05, 0.1) is 0 Å². The van der Waals surface area contributed by atoms with Crippen molar-refractivity contribution in [2.45, 2.75) is 19.8 Å². The lowest BCUT2D eigenvalue weighted by Gasteiger charge is -2.41. The maximum atomic E-state index is 12.3. The van der Waals surface area contributed by atoms with E-state index in [1.165, 1.54) is 0 Å². The second kappa shape index (κ2) is 5.66. The molecule has 106 valence electrons. The van der Waals surface area contributed by atoms with Crippen molar-refractivity contribution in [1.82, 2.24) is 20.2 Å². The zero-order valence-electron chi connectivity index (χ0n) is 11.4. The van der Waals surface area contributed by atoms with Gasteiger partial charge in [-0.25, -0.2) is 9.80 Å². The van der Waals surface area contributed by atoms with Gasteiger partial charge in [0.25, 0.3) is 5.91 Å². The van der Waals surface area contributed by atoms with Crippen molar-refractivity contribution in [1.29, 1.82) is 0 Å². The summed E-state index contributed by atoms with van der Waals surface area (Å²) in [4.78, 5) is 38.0. The van der Waals surface area contributed by atoms with Gasteiger partial charge in [-0.2, -0.15) is 5.01 Å². The number of barbiturate groups is 1. The molecule has 4 amide bonds. The summed E-state index contributed by atoms with van der Waals surface area (Å²) in [7, 11) is 2.00. The van der Waals surface area contributed by atoms with Crippen LogP contribution in [0.2, 0.25) is 0 Å². The minimum absolute atomic E-state index is 0.389. The van der Waals surface area contributed by atoms with E-state index in [9.17, 15) is 14.4 Å². The predicted octanol–water partition coefficient (Wildman–Crippen LogP) is -0.356. The molecule has 0 radical (unpaired) electrons. The first-order valence-corrected chi connectivity index (χ1v) is 6.66. The van der Waals surface area contributed by atoms with Gasteiger partial charge in [0.1, 0.15) is 5.92 Å². The number of carbonyl (C=O) groups is 3. The zero-order valence-corrected chi connectivity index (χ0v) is 11.4. The third-order valence-corrected chi connectivity index (χ3v) is 3.59. The molecule has 0 aromatic carbocycles. The van der Waals surface area contributed by atoms with Crippen LogP contribution in [-0.4, -0.2) is 66.0 Å². The number of imide groups is 2. The Morgan fingerprint density at radius 1 is 1.16 bits per heavy atom. The van der Waals surface area contributed by atoms with Gasteiger partial charge < -0.3 is 4.90 Å². The Kier molecular flexibility index (Phi) is 4.16. The molecule has 0 aliphatic carbocycles. The normalized spacial score (nSPS) is 26.7. The van der Waals surface area contributed by atoms with E-state index >= 15 is 0 Å². The van der Waals surface area contributed by atoms with E-state index < -0.39 is 17.9 Å². The lowest BCUT2D eigenvalue weighted by Crippen LogP contribution is -2.65. The fraction of sp³-hybridized carbons (Fsp3) is 0.750. The van der Waals surface area contributed by atoms with E-state index in [1.54, 1.807) is 5.01 Å². The Morgan fingerprint density at radius 2 is 1.79 bits per heavy atom. The monoisotopic (exact) mass is 268 g/mol. The molecule has 7 nitrogen and oxygen atoms in total. The molecule has 7 heteroatoms. The van der Waals surface area contributed by atoms with E-state index in [2.05, 4.69) is 10.2 Å². The van der Waals surface area contributed by atoms with Crippen LogP contribution in [0.1, 0.15) is 19.8 Å². The van der Waals surface area contributed by atoms with Gasteiger partial charge in [-0.1, -0.05) is 13.3 Å². The van der Waals surface area contributed by atoms with Gasteiger partial charge in [-0.15, -0.1) is 0 Å². The minimum atomic E-state index is -0.734. The maximum absolute atomic E-state index is 12.3. The molecular weight excluding hydrogens is 248 g/mol. The van der Waals surface area contributed by atoms with Gasteiger partial charge in [0, 0.05) is 26.2 Å². The number of hydrogen-bond acceptors (Lipinski definition) is 5. The predicted molar refractivity (Wildman–Crippen MR) is 67.9 cm³/mol. The van der Waals surface area contributed by atoms with Crippen LogP contribution in [0, 0.1) is 5.92 Å². The van der Waals surface area contributed by atoms with Crippen molar-refractivity contribution in [3.63, 3.8) is 0 Å². The molecule has 2 saturated heterocycles. The molecule has 19 heavy (non-hydrogen) atoms. The number of amides is 4. The summed E-state index contributed by atoms with van der Waals surface area (Å²) in [5, 5.41) is 5.12. The summed E-state index contributed by atoms with van der Waals surface area (Å²) in [6, 6.07) is -0.619. The average molecular weight is 268 g/mol. The quantitative estimate of drug-likeness (QED) is 0.708. The van der Waals surface area contributed by atoms with Crippen LogP contribution in [0.5, 0.6) is 0 Å². The largest absolute Gasteiger partial charge is 0.345 e. The average Bonchev–Trinajstić information content (AvgIpc) is 2.36. The molecule has 0 aromatic heterocycles. The molecule has 2 rings (SSSR count). The fourth-order valence-electron chi connectivity index (χ4n) is 2.41. The highest BCUT2D eigenvalue weighted by Crippen LogP contribution is 2.18. The first-order valence-electron chi connectivity index (χ1n) is 6.66. The molecule has 1 unspecified atom stereocenters. The molecule has 2 aliphatic heterocycles. The fourth-order valence-corrected chi connectivity index (χ4v) is 2.41. The Bertz CT molecular complexity index is 390. The van der Waals surface area contributed by atoms with Crippen LogP contribution >= 0.6 is 0 Å². The van der Waals surface area contributed by atoms with E-state index in [-0.39, 0.29) is 5.91 Å². The maximum Gasteiger partial charge on any atom is 0.345 e. The number of hydrogen-bond donors (Lipinski definition) is 1. The molecule has 1 N–H and O–H groups in total. The minimum Gasteiger partial charge on any atom is -0.304 e. The Balaban J connectivity index is 2.12. The third kappa shape index (κ3) is 2.76. The summed E-state index contributed by atoms with van der Waals surface area (Å²) < 4.78 is 0. The summed E-state index contributed by atoms with van der Waals surface area (Å²) in [6.07, 6.45) is 1.21. The van der Waals surface area contributed by atoms with Gasteiger partial charge in [0.15, 0.2) is 0 Å². The van der Waals surface area contributed by atoms with Crippen molar-refractivity contribution in [2.75, 3.05) is 33.2 Å². The van der Waals surface area contributed by atoms with E-state index in [4.69, 9.17) is 0 Å². The number of carbonyl (C=O) groups excluding carboxylic acids is 3. The van der Waals surface area contributed by atoms with Crippen LogP contribution in [0.25, 0.3) is 0 Å². The summed E-state index contributed by atoms with van der Waals surface area (Å²) in [5.74, 6) is -1.59. The molecule has 0 spiro atoms. The molecule has 2 fully saturated rings. The van der Waals surface area contributed by atoms with Crippen LogP contribution in [0.3, 0.4) is 0 Å². The Labute approximate surface area is 112 Å². The van der Waals surface area contributed by atoms with Crippen molar-refractivity contribution >= 4 is 17.8 Å². The second-order valence-corrected chi connectivity index (χ2v) is 5.04. The van der Waals surface area contributed by atoms with E-state index in [1.807, 2.05) is 14.0 Å². The molecule has 1 atom stereocenters. The van der Waals surface area contributed by atoms with Crippen molar-refractivity contribution < 1.29 is 14.4 Å². The second-order valence-electron chi connectivity index (χ2n) is 5.04. The molecular formula is C12H20N4O3. The summed E-state index contributed by atoms with van der Waals surface area (Å²) >= 11 is 0. The highest BCUT2D eigenvalue weighted by Gasteiger charge is 2.43. The van der Waals surface area contributed by atoms with Gasteiger partial charge in [-0.3, -0.25) is 14.9 Å². The number of likely N-dealkylation sites (N-methyl/N-ethyl adjacent to an activating group) is 1.